The van der Waals surface area contributed by atoms with Gasteiger partial charge in [-0.3, -0.25) is 4.90 Å². The summed E-state index contributed by atoms with van der Waals surface area (Å²) >= 11 is 0. The summed E-state index contributed by atoms with van der Waals surface area (Å²) in [7, 11) is 0. The average Bonchev–Trinajstić information content (AvgIpc) is 2.55. The first kappa shape index (κ1) is 13.4. The molecule has 1 saturated carbocycles. The van der Waals surface area contributed by atoms with Gasteiger partial charge in [0.15, 0.2) is 0 Å². The van der Waals surface area contributed by atoms with Gasteiger partial charge in [0.25, 0.3) is 0 Å². The van der Waals surface area contributed by atoms with Crippen LogP contribution in [-0.2, 0) is 0 Å². The molecule has 3 unspecified atom stereocenters. The van der Waals surface area contributed by atoms with E-state index in [2.05, 4.69) is 24.1 Å². The van der Waals surface area contributed by atoms with Crippen LogP contribution in [0.2, 0.25) is 0 Å². The zero-order valence-electron chi connectivity index (χ0n) is 11.8. The Labute approximate surface area is 107 Å². The van der Waals surface area contributed by atoms with Crippen molar-refractivity contribution in [2.75, 3.05) is 13.1 Å². The van der Waals surface area contributed by atoms with Crippen molar-refractivity contribution in [3.63, 3.8) is 0 Å². The van der Waals surface area contributed by atoms with Crippen molar-refractivity contribution in [3.8, 4) is 0 Å². The lowest BCUT2D eigenvalue weighted by Gasteiger charge is -2.43. The summed E-state index contributed by atoms with van der Waals surface area (Å²) in [6, 6.07) is 2.38. The quantitative estimate of drug-likeness (QED) is 0.812. The molecule has 0 bridgehead atoms. The lowest BCUT2D eigenvalue weighted by molar-refractivity contribution is 0.0882. The fourth-order valence-electron chi connectivity index (χ4n) is 3.80. The summed E-state index contributed by atoms with van der Waals surface area (Å²) in [5.41, 5.74) is 0. The van der Waals surface area contributed by atoms with Crippen LogP contribution in [0.25, 0.3) is 0 Å². The lowest BCUT2D eigenvalue weighted by atomic mass is 9.88. The molecule has 1 aliphatic carbocycles. The van der Waals surface area contributed by atoms with Gasteiger partial charge in [-0.25, -0.2) is 0 Å². The topological polar surface area (TPSA) is 15.3 Å². The molecule has 2 fully saturated rings. The van der Waals surface area contributed by atoms with E-state index in [0.29, 0.717) is 0 Å². The maximum Gasteiger partial charge on any atom is 0.0252 e. The number of hydrogen-bond donors (Lipinski definition) is 1. The summed E-state index contributed by atoms with van der Waals surface area (Å²) in [5.74, 6) is 0. The highest BCUT2D eigenvalue weighted by molar-refractivity contribution is 4.90. The predicted molar refractivity (Wildman–Crippen MR) is 74.4 cm³/mol. The molecule has 0 radical (unpaired) electrons. The van der Waals surface area contributed by atoms with Crippen LogP contribution in [0.15, 0.2) is 0 Å². The van der Waals surface area contributed by atoms with Crippen LogP contribution >= 0.6 is 0 Å². The highest BCUT2D eigenvalue weighted by atomic mass is 15.2. The Morgan fingerprint density at radius 1 is 1.00 bits per heavy atom. The van der Waals surface area contributed by atoms with Crippen LogP contribution in [-0.4, -0.2) is 36.1 Å². The van der Waals surface area contributed by atoms with E-state index in [0.717, 1.165) is 24.7 Å². The molecule has 0 aromatic carbocycles. The summed E-state index contributed by atoms with van der Waals surface area (Å²) in [4.78, 5) is 2.83. The van der Waals surface area contributed by atoms with Gasteiger partial charge in [-0.15, -0.1) is 0 Å². The first-order chi connectivity index (χ1) is 8.33. The van der Waals surface area contributed by atoms with E-state index in [4.69, 9.17) is 0 Å². The molecule has 0 amide bonds. The maximum atomic E-state index is 3.73. The molecule has 1 aliphatic heterocycles. The van der Waals surface area contributed by atoms with Crippen LogP contribution < -0.4 is 5.32 Å². The van der Waals surface area contributed by atoms with Gasteiger partial charge in [0.05, 0.1) is 0 Å². The smallest absolute Gasteiger partial charge is 0.0252 e. The molecule has 2 aliphatic rings. The maximum absolute atomic E-state index is 3.73. The van der Waals surface area contributed by atoms with E-state index in [1.807, 2.05) is 0 Å². The fraction of sp³-hybridized carbons (Fsp3) is 1.00. The first-order valence-electron chi connectivity index (χ1n) is 7.82. The minimum Gasteiger partial charge on any atom is -0.313 e. The lowest BCUT2D eigenvalue weighted by Crippen LogP contribution is -2.54. The molecular formula is C15H30N2. The molecule has 1 N–H and O–H groups in total. The van der Waals surface area contributed by atoms with Crippen LogP contribution in [0.3, 0.4) is 0 Å². The Morgan fingerprint density at radius 2 is 1.76 bits per heavy atom. The van der Waals surface area contributed by atoms with Crippen LogP contribution in [0.4, 0.5) is 0 Å². The number of rotatable bonds is 3. The normalized spacial score (nSPS) is 36.7. The zero-order chi connectivity index (χ0) is 12.1. The highest BCUT2D eigenvalue weighted by Crippen LogP contribution is 2.28. The number of nitrogens with one attached hydrogen (secondary N) is 1. The Kier molecular flexibility index (Phi) is 5.30. The van der Waals surface area contributed by atoms with Crippen LogP contribution in [0.5, 0.6) is 0 Å². The third-order valence-electron chi connectivity index (χ3n) is 4.73. The van der Waals surface area contributed by atoms with Crippen molar-refractivity contribution in [3.05, 3.63) is 0 Å². The van der Waals surface area contributed by atoms with E-state index in [1.165, 1.54) is 57.9 Å². The predicted octanol–water partition coefficient (Wildman–Crippen LogP) is 3.17. The van der Waals surface area contributed by atoms with Crippen molar-refractivity contribution in [2.24, 2.45) is 0 Å². The molecular weight excluding hydrogens is 208 g/mol. The van der Waals surface area contributed by atoms with Gasteiger partial charge in [-0.1, -0.05) is 32.6 Å². The summed E-state index contributed by atoms with van der Waals surface area (Å²) in [6.45, 7) is 7.16. The Hall–Kier alpha value is -0.0800. The Bertz CT molecular complexity index is 215. The van der Waals surface area contributed by atoms with Crippen molar-refractivity contribution in [2.45, 2.75) is 83.3 Å². The van der Waals surface area contributed by atoms with Gasteiger partial charge < -0.3 is 5.32 Å². The molecule has 0 spiro atoms. The number of hydrogen-bond acceptors (Lipinski definition) is 2. The Morgan fingerprint density at radius 3 is 2.59 bits per heavy atom. The largest absolute Gasteiger partial charge is 0.313 e. The van der Waals surface area contributed by atoms with Crippen LogP contribution in [0.1, 0.15) is 65.2 Å². The second-order valence-corrected chi connectivity index (χ2v) is 5.95. The van der Waals surface area contributed by atoms with Gasteiger partial charge in [0.2, 0.25) is 0 Å². The first-order valence-corrected chi connectivity index (χ1v) is 7.82. The van der Waals surface area contributed by atoms with E-state index in [9.17, 15) is 0 Å². The average molecular weight is 238 g/mol. The molecule has 1 saturated heterocycles. The summed E-state index contributed by atoms with van der Waals surface area (Å²) in [6.07, 6.45) is 11.4. The molecule has 100 valence electrons. The second-order valence-electron chi connectivity index (χ2n) is 5.95. The van der Waals surface area contributed by atoms with Crippen molar-refractivity contribution < 1.29 is 0 Å². The molecule has 0 aromatic heterocycles. The van der Waals surface area contributed by atoms with Crippen molar-refractivity contribution >= 4 is 0 Å². The van der Waals surface area contributed by atoms with E-state index < -0.39 is 0 Å². The second kappa shape index (κ2) is 6.75. The molecule has 0 aromatic rings. The third kappa shape index (κ3) is 3.45. The number of likely N-dealkylation sites (tertiary alicyclic amines) is 1. The minimum atomic E-state index is 0.759. The van der Waals surface area contributed by atoms with Gasteiger partial charge in [-0.05, 0) is 45.7 Å². The van der Waals surface area contributed by atoms with E-state index >= 15 is 0 Å². The molecule has 2 rings (SSSR count). The summed E-state index contributed by atoms with van der Waals surface area (Å²) < 4.78 is 0. The van der Waals surface area contributed by atoms with Crippen molar-refractivity contribution in [1.82, 2.24) is 10.2 Å². The summed E-state index contributed by atoms with van der Waals surface area (Å²) in [5, 5.41) is 3.73. The third-order valence-corrected chi connectivity index (χ3v) is 4.73. The van der Waals surface area contributed by atoms with Gasteiger partial charge in [0, 0.05) is 18.1 Å². The SMILES string of the molecule is CCNC1CCCCC1N1CCCCCC1C. The molecule has 1 heterocycles. The van der Waals surface area contributed by atoms with Crippen LogP contribution in [0, 0.1) is 0 Å². The van der Waals surface area contributed by atoms with Gasteiger partial charge >= 0.3 is 0 Å². The standard InChI is InChI=1S/C15H30N2/c1-3-16-14-10-6-7-11-15(14)17-12-8-4-5-9-13(17)2/h13-16H,3-12H2,1-2H3. The van der Waals surface area contributed by atoms with Gasteiger partial charge in [-0.2, -0.15) is 0 Å². The molecule has 2 heteroatoms. The highest BCUT2D eigenvalue weighted by Gasteiger charge is 2.32. The molecule has 17 heavy (non-hydrogen) atoms. The van der Waals surface area contributed by atoms with Gasteiger partial charge in [0.1, 0.15) is 0 Å². The Balaban J connectivity index is 2.00. The zero-order valence-corrected chi connectivity index (χ0v) is 11.8. The number of likely N-dealkylation sites (N-methyl/N-ethyl adjacent to an activating group) is 1. The molecule has 3 atom stereocenters. The van der Waals surface area contributed by atoms with Crippen molar-refractivity contribution in [1.29, 1.82) is 0 Å². The van der Waals surface area contributed by atoms with E-state index in [1.54, 1.807) is 0 Å². The molecule has 2 nitrogen and oxygen atoms in total. The monoisotopic (exact) mass is 238 g/mol. The number of nitrogens with zero attached hydrogens (tertiary/aromatic N) is 1. The minimum absolute atomic E-state index is 0.759. The van der Waals surface area contributed by atoms with E-state index in [-0.39, 0.29) is 0 Å². The fourth-order valence-corrected chi connectivity index (χ4v) is 3.80.